The predicted octanol–water partition coefficient (Wildman–Crippen LogP) is 2.64. The molecule has 26 heavy (non-hydrogen) atoms. The van der Waals surface area contributed by atoms with Crippen LogP contribution in [-0.4, -0.2) is 30.0 Å². The Balaban J connectivity index is 1.70. The summed E-state index contributed by atoms with van der Waals surface area (Å²) in [6, 6.07) is 14.3. The van der Waals surface area contributed by atoms with Gasteiger partial charge in [-0.3, -0.25) is 14.4 Å². The number of hydrogen-bond acceptors (Lipinski definition) is 4. The zero-order valence-electron chi connectivity index (χ0n) is 14.1. The minimum atomic E-state index is -0.433. The molecule has 1 heterocycles. The zero-order valence-corrected chi connectivity index (χ0v) is 14.9. The van der Waals surface area contributed by atoms with Crippen LogP contribution < -0.4 is 16.0 Å². The molecule has 3 rings (SSSR count). The van der Waals surface area contributed by atoms with E-state index in [-0.39, 0.29) is 17.6 Å². The number of primary amides is 1. The highest BCUT2D eigenvalue weighted by atomic mass is 32.2. The quantitative estimate of drug-likeness (QED) is 0.766. The van der Waals surface area contributed by atoms with Gasteiger partial charge in [-0.15, -0.1) is 11.8 Å². The standard InChI is InChI=1S/C19H19N3O3S/c20-17(23)12-26-16-5-2-1-4-15(16)19(25)21-13-7-9-14(10-8-13)22-11-3-6-18(22)24/h1-2,4-5,7-10H,3,6,11-12H2,(H2,20,23)(H,21,25). The lowest BCUT2D eigenvalue weighted by molar-refractivity contribution is -0.117. The van der Waals surface area contributed by atoms with E-state index in [0.29, 0.717) is 22.6 Å². The summed E-state index contributed by atoms with van der Waals surface area (Å²) in [5.74, 6) is -0.454. The van der Waals surface area contributed by atoms with Gasteiger partial charge in [0, 0.05) is 29.2 Å². The van der Waals surface area contributed by atoms with Gasteiger partial charge in [-0.1, -0.05) is 12.1 Å². The lowest BCUT2D eigenvalue weighted by Gasteiger charge is -2.16. The number of nitrogens with one attached hydrogen (secondary N) is 1. The molecule has 0 aromatic heterocycles. The van der Waals surface area contributed by atoms with E-state index in [1.54, 1.807) is 35.2 Å². The van der Waals surface area contributed by atoms with Gasteiger partial charge in [0.2, 0.25) is 11.8 Å². The molecule has 3 N–H and O–H groups in total. The normalized spacial score (nSPS) is 13.7. The second-order valence-electron chi connectivity index (χ2n) is 5.90. The van der Waals surface area contributed by atoms with Crippen LogP contribution in [0.2, 0.25) is 0 Å². The van der Waals surface area contributed by atoms with Crippen LogP contribution in [0.15, 0.2) is 53.4 Å². The van der Waals surface area contributed by atoms with Crippen LogP contribution in [0, 0.1) is 0 Å². The number of rotatable bonds is 6. The molecule has 0 saturated carbocycles. The minimum Gasteiger partial charge on any atom is -0.369 e. The van der Waals surface area contributed by atoms with E-state index < -0.39 is 5.91 Å². The van der Waals surface area contributed by atoms with Crippen molar-refractivity contribution in [1.82, 2.24) is 0 Å². The second kappa shape index (κ2) is 8.05. The molecule has 1 aliphatic rings. The molecule has 1 fully saturated rings. The molecule has 6 nitrogen and oxygen atoms in total. The third-order valence-corrected chi connectivity index (χ3v) is 5.11. The largest absolute Gasteiger partial charge is 0.369 e. The first-order chi connectivity index (χ1) is 12.5. The molecular weight excluding hydrogens is 350 g/mol. The maximum Gasteiger partial charge on any atom is 0.256 e. The van der Waals surface area contributed by atoms with Gasteiger partial charge in [-0.25, -0.2) is 0 Å². The molecule has 0 atom stereocenters. The maximum atomic E-state index is 12.6. The summed E-state index contributed by atoms with van der Waals surface area (Å²) in [4.78, 5) is 37.8. The molecule has 0 aliphatic carbocycles. The Morgan fingerprint density at radius 2 is 1.85 bits per heavy atom. The molecule has 0 spiro atoms. The Labute approximate surface area is 155 Å². The fraction of sp³-hybridized carbons (Fsp3) is 0.211. The minimum absolute atomic E-state index is 0.114. The van der Waals surface area contributed by atoms with Gasteiger partial charge < -0.3 is 16.0 Å². The van der Waals surface area contributed by atoms with Gasteiger partial charge in [0.05, 0.1) is 11.3 Å². The van der Waals surface area contributed by atoms with Crippen LogP contribution >= 0.6 is 11.8 Å². The number of hydrogen-bond donors (Lipinski definition) is 2. The molecule has 0 unspecified atom stereocenters. The van der Waals surface area contributed by atoms with Gasteiger partial charge in [0.25, 0.3) is 5.91 Å². The lowest BCUT2D eigenvalue weighted by atomic mass is 10.2. The summed E-state index contributed by atoms with van der Waals surface area (Å²) in [6.07, 6.45) is 1.45. The van der Waals surface area contributed by atoms with Crippen molar-refractivity contribution in [1.29, 1.82) is 0 Å². The van der Waals surface area contributed by atoms with E-state index >= 15 is 0 Å². The first-order valence-electron chi connectivity index (χ1n) is 8.26. The Bertz CT molecular complexity index is 836. The Morgan fingerprint density at radius 3 is 2.50 bits per heavy atom. The lowest BCUT2D eigenvalue weighted by Crippen LogP contribution is -2.23. The van der Waals surface area contributed by atoms with Gasteiger partial charge in [0.1, 0.15) is 0 Å². The van der Waals surface area contributed by atoms with Crippen molar-refractivity contribution < 1.29 is 14.4 Å². The second-order valence-corrected chi connectivity index (χ2v) is 6.92. The smallest absolute Gasteiger partial charge is 0.256 e. The van der Waals surface area contributed by atoms with E-state index in [0.717, 1.165) is 18.7 Å². The first-order valence-corrected chi connectivity index (χ1v) is 9.25. The summed E-state index contributed by atoms with van der Waals surface area (Å²) in [6.45, 7) is 0.731. The van der Waals surface area contributed by atoms with Crippen molar-refractivity contribution in [3.63, 3.8) is 0 Å². The van der Waals surface area contributed by atoms with Crippen LogP contribution in [0.25, 0.3) is 0 Å². The van der Waals surface area contributed by atoms with Crippen molar-refractivity contribution in [2.75, 3.05) is 22.5 Å². The van der Waals surface area contributed by atoms with E-state index in [1.807, 2.05) is 18.2 Å². The molecular formula is C19H19N3O3S. The number of carbonyl (C=O) groups is 3. The summed E-state index contributed by atoms with van der Waals surface area (Å²) in [5.41, 5.74) is 7.14. The maximum absolute atomic E-state index is 12.6. The molecule has 1 aliphatic heterocycles. The highest BCUT2D eigenvalue weighted by Crippen LogP contribution is 2.25. The number of thioether (sulfide) groups is 1. The number of benzene rings is 2. The number of nitrogens with zero attached hydrogens (tertiary/aromatic N) is 1. The molecule has 1 saturated heterocycles. The van der Waals surface area contributed by atoms with Crippen molar-refractivity contribution >= 4 is 40.9 Å². The molecule has 0 bridgehead atoms. The van der Waals surface area contributed by atoms with E-state index in [1.165, 1.54) is 11.8 Å². The summed E-state index contributed by atoms with van der Waals surface area (Å²) in [7, 11) is 0. The monoisotopic (exact) mass is 369 g/mol. The van der Waals surface area contributed by atoms with Crippen molar-refractivity contribution in [2.24, 2.45) is 5.73 Å². The summed E-state index contributed by atoms with van der Waals surface area (Å²) >= 11 is 1.23. The fourth-order valence-electron chi connectivity index (χ4n) is 2.77. The van der Waals surface area contributed by atoms with E-state index in [4.69, 9.17) is 5.73 Å². The Kier molecular flexibility index (Phi) is 5.58. The van der Waals surface area contributed by atoms with Gasteiger partial charge in [-0.05, 0) is 42.8 Å². The summed E-state index contributed by atoms with van der Waals surface area (Å²) < 4.78 is 0. The number of carbonyl (C=O) groups excluding carboxylic acids is 3. The van der Waals surface area contributed by atoms with Crippen LogP contribution in [0.3, 0.4) is 0 Å². The van der Waals surface area contributed by atoms with Gasteiger partial charge in [-0.2, -0.15) is 0 Å². The molecule has 7 heteroatoms. The van der Waals surface area contributed by atoms with Gasteiger partial charge >= 0.3 is 0 Å². The highest BCUT2D eigenvalue weighted by molar-refractivity contribution is 8.00. The average molecular weight is 369 g/mol. The van der Waals surface area contributed by atoms with E-state index in [2.05, 4.69) is 5.32 Å². The average Bonchev–Trinajstić information content (AvgIpc) is 3.07. The Morgan fingerprint density at radius 1 is 1.12 bits per heavy atom. The number of amides is 3. The highest BCUT2D eigenvalue weighted by Gasteiger charge is 2.21. The summed E-state index contributed by atoms with van der Waals surface area (Å²) in [5, 5.41) is 2.84. The molecule has 2 aromatic carbocycles. The predicted molar refractivity (Wildman–Crippen MR) is 102 cm³/mol. The zero-order chi connectivity index (χ0) is 18.5. The number of nitrogens with two attached hydrogens (primary N) is 1. The van der Waals surface area contributed by atoms with Crippen molar-refractivity contribution in [2.45, 2.75) is 17.7 Å². The number of anilines is 2. The van der Waals surface area contributed by atoms with Crippen LogP contribution in [0.1, 0.15) is 23.2 Å². The fourth-order valence-corrected chi connectivity index (χ4v) is 3.56. The van der Waals surface area contributed by atoms with Crippen LogP contribution in [-0.2, 0) is 9.59 Å². The van der Waals surface area contributed by atoms with Gasteiger partial charge in [0.15, 0.2) is 0 Å². The molecule has 3 amide bonds. The topological polar surface area (TPSA) is 92.5 Å². The third-order valence-electron chi connectivity index (χ3n) is 4.01. The third kappa shape index (κ3) is 4.23. The Hall–Kier alpha value is -2.80. The van der Waals surface area contributed by atoms with Crippen LogP contribution in [0.4, 0.5) is 11.4 Å². The van der Waals surface area contributed by atoms with Crippen molar-refractivity contribution in [3.05, 3.63) is 54.1 Å². The van der Waals surface area contributed by atoms with Crippen LogP contribution in [0.5, 0.6) is 0 Å². The van der Waals surface area contributed by atoms with Crippen molar-refractivity contribution in [3.8, 4) is 0 Å². The SMILES string of the molecule is NC(=O)CSc1ccccc1C(=O)Nc1ccc(N2CCCC2=O)cc1. The first kappa shape index (κ1) is 18.0. The molecule has 134 valence electrons. The molecule has 0 radical (unpaired) electrons. The van der Waals surface area contributed by atoms with E-state index in [9.17, 15) is 14.4 Å². The molecule has 2 aromatic rings.